The summed E-state index contributed by atoms with van der Waals surface area (Å²) in [5.41, 5.74) is 3.99. The third-order valence-corrected chi connectivity index (χ3v) is 6.31. The Kier molecular flexibility index (Phi) is 4.17. The van der Waals surface area contributed by atoms with Crippen molar-refractivity contribution in [2.45, 2.75) is 44.1 Å². The molecule has 0 aromatic heterocycles. The zero-order valence-electron chi connectivity index (χ0n) is 15.4. The van der Waals surface area contributed by atoms with Crippen molar-refractivity contribution in [2.75, 3.05) is 0 Å². The van der Waals surface area contributed by atoms with Gasteiger partial charge in [0.05, 0.1) is 5.56 Å². The second-order valence-corrected chi connectivity index (χ2v) is 8.27. The highest BCUT2D eigenvalue weighted by Gasteiger charge is 2.48. The summed E-state index contributed by atoms with van der Waals surface area (Å²) in [6, 6.07) is 9.91. The van der Waals surface area contributed by atoms with E-state index >= 15 is 0 Å². The normalized spacial score (nSPS) is 20.0. The number of Topliss-reactive ketones (excluding diaryl/α,β-unsaturated/α-hetero) is 1. The number of carbonyl (C=O) groups excluding carboxylic acids is 1. The number of fused-ring (bicyclic) bond motifs is 2. The molecule has 1 aliphatic heterocycles. The number of ether oxygens (including phenoxy) is 1. The molecule has 0 atom stereocenters. The highest BCUT2D eigenvalue weighted by Crippen LogP contribution is 2.46. The number of benzene rings is 2. The second-order valence-electron chi connectivity index (χ2n) is 7.83. The van der Waals surface area contributed by atoms with E-state index in [2.05, 4.69) is 12.2 Å². The molecular formula is C24H20ClFO2. The lowest BCUT2D eigenvalue weighted by molar-refractivity contribution is 0.0504. The predicted octanol–water partition coefficient (Wildman–Crippen LogP) is 6.68. The van der Waals surface area contributed by atoms with E-state index in [1.54, 1.807) is 6.07 Å². The van der Waals surface area contributed by atoms with Crippen LogP contribution in [-0.2, 0) is 0 Å². The number of halogens is 2. The minimum absolute atomic E-state index is 0.0479. The summed E-state index contributed by atoms with van der Waals surface area (Å²) in [6.07, 6.45) is 9.94. The lowest BCUT2D eigenvalue weighted by Crippen LogP contribution is -2.39. The fourth-order valence-electron chi connectivity index (χ4n) is 4.63. The molecule has 2 aromatic rings. The van der Waals surface area contributed by atoms with Crippen LogP contribution in [0.5, 0.6) is 5.75 Å². The largest absolute Gasteiger partial charge is 0.478 e. The topological polar surface area (TPSA) is 26.3 Å². The number of hydrogen-bond donors (Lipinski definition) is 0. The predicted molar refractivity (Wildman–Crippen MR) is 108 cm³/mol. The van der Waals surface area contributed by atoms with Crippen LogP contribution >= 0.6 is 11.6 Å². The first-order chi connectivity index (χ1) is 13.5. The third-order valence-electron chi connectivity index (χ3n) is 6.10. The van der Waals surface area contributed by atoms with Crippen molar-refractivity contribution in [2.24, 2.45) is 0 Å². The van der Waals surface area contributed by atoms with Crippen molar-refractivity contribution >= 4 is 17.4 Å². The van der Waals surface area contributed by atoms with Gasteiger partial charge in [-0.15, -0.1) is 0 Å². The molecule has 0 radical (unpaired) electrons. The van der Waals surface area contributed by atoms with Gasteiger partial charge in [0.2, 0.25) is 5.78 Å². The Labute approximate surface area is 168 Å². The molecule has 1 saturated carbocycles. The zero-order chi connectivity index (χ0) is 19.3. The summed E-state index contributed by atoms with van der Waals surface area (Å²) < 4.78 is 20.0. The fourth-order valence-corrected chi connectivity index (χ4v) is 4.85. The first kappa shape index (κ1) is 17.7. The summed E-state index contributed by atoms with van der Waals surface area (Å²) in [5.74, 6) is 0.283. The summed E-state index contributed by atoms with van der Waals surface area (Å²) in [6.45, 7) is 0. The number of ketones is 1. The van der Waals surface area contributed by atoms with Gasteiger partial charge in [-0.2, -0.15) is 0 Å². The van der Waals surface area contributed by atoms with Crippen LogP contribution in [-0.4, -0.2) is 11.4 Å². The molecule has 1 spiro atoms. The van der Waals surface area contributed by atoms with E-state index in [-0.39, 0.29) is 5.78 Å². The summed E-state index contributed by atoms with van der Waals surface area (Å²) >= 11 is 6.00. The van der Waals surface area contributed by atoms with Crippen molar-refractivity contribution in [1.82, 2.24) is 0 Å². The molecule has 0 saturated heterocycles. The molecule has 1 fully saturated rings. The van der Waals surface area contributed by atoms with Gasteiger partial charge in [0.1, 0.15) is 11.6 Å². The molecule has 1 heterocycles. The monoisotopic (exact) mass is 394 g/mol. The van der Waals surface area contributed by atoms with Crippen LogP contribution in [0.25, 0.3) is 11.1 Å². The van der Waals surface area contributed by atoms with Crippen molar-refractivity contribution in [1.29, 1.82) is 0 Å². The molecule has 0 bridgehead atoms. The van der Waals surface area contributed by atoms with E-state index in [9.17, 15) is 9.18 Å². The maximum Gasteiger partial charge on any atom is 0.210 e. The maximum absolute atomic E-state index is 13.8. The second kappa shape index (κ2) is 6.59. The lowest BCUT2D eigenvalue weighted by Gasteiger charge is -2.25. The van der Waals surface area contributed by atoms with E-state index in [4.69, 9.17) is 16.3 Å². The van der Waals surface area contributed by atoms with E-state index in [1.807, 2.05) is 18.2 Å². The van der Waals surface area contributed by atoms with Crippen LogP contribution in [0.15, 0.2) is 59.7 Å². The van der Waals surface area contributed by atoms with Crippen molar-refractivity contribution in [3.8, 4) is 16.9 Å². The maximum atomic E-state index is 13.8. The molecule has 2 nitrogen and oxygen atoms in total. The van der Waals surface area contributed by atoms with Gasteiger partial charge in [-0.3, -0.25) is 4.79 Å². The molecule has 2 aromatic carbocycles. The Balaban J connectivity index is 1.49. The van der Waals surface area contributed by atoms with Crippen molar-refractivity contribution < 1.29 is 13.9 Å². The Morgan fingerprint density at radius 1 is 0.929 bits per heavy atom. The van der Waals surface area contributed by atoms with Crippen LogP contribution in [0.4, 0.5) is 4.39 Å². The van der Waals surface area contributed by atoms with Crippen molar-refractivity contribution in [3.05, 3.63) is 76.1 Å². The van der Waals surface area contributed by atoms with Crippen LogP contribution in [0, 0.1) is 5.82 Å². The zero-order valence-corrected chi connectivity index (χ0v) is 16.2. The van der Waals surface area contributed by atoms with E-state index in [1.165, 1.54) is 23.3 Å². The molecular weight excluding hydrogens is 375 g/mol. The van der Waals surface area contributed by atoms with Gasteiger partial charge >= 0.3 is 0 Å². The molecule has 0 amide bonds. The first-order valence-corrected chi connectivity index (χ1v) is 10.1. The Morgan fingerprint density at radius 3 is 2.32 bits per heavy atom. The molecule has 0 N–H and O–H groups in total. The number of carbonyl (C=O) groups is 1. The number of rotatable bonds is 1. The Morgan fingerprint density at radius 2 is 1.64 bits per heavy atom. The molecule has 0 unspecified atom stereocenters. The lowest BCUT2D eigenvalue weighted by atomic mass is 9.87. The summed E-state index contributed by atoms with van der Waals surface area (Å²) in [7, 11) is 0. The highest BCUT2D eigenvalue weighted by atomic mass is 35.5. The summed E-state index contributed by atoms with van der Waals surface area (Å²) in [5, 5.41) is 0.336. The smallest absolute Gasteiger partial charge is 0.210 e. The standard InChI is InChI=1S/C24H20ClFO2/c25-19-11-18(12-20(26)14-19)17-5-6-22-21(13-17)23(27)24(28-22)9-7-15-3-1-2-4-16(15)8-10-24/h3-6,11-14H,1-2,7-10H2. The molecule has 28 heavy (non-hydrogen) atoms. The average Bonchev–Trinajstić information content (AvgIpc) is 2.83. The van der Waals surface area contributed by atoms with Crippen LogP contribution < -0.4 is 4.74 Å². The molecule has 4 heteroatoms. The van der Waals surface area contributed by atoms with Crippen molar-refractivity contribution in [3.63, 3.8) is 0 Å². The van der Waals surface area contributed by atoms with Gasteiger partial charge < -0.3 is 4.74 Å². The third kappa shape index (κ3) is 2.89. The van der Waals surface area contributed by atoms with Crippen LogP contribution in [0.2, 0.25) is 5.02 Å². The molecule has 5 rings (SSSR count). The fraction of sp³-hybridized carbons (Fsp3) is 0.292. The first-order valence-electron chi connectivity index (χ1n) is 9.77. The average molecular weight is 395 g/mol. The van der Waals surface area contributed by atoms with E-state index < -0.39 is 11.4 Å². The highest BCUT2D eigenvalue weighted by molar-refractivity contribution is 6.30. The Hall–Kier alpha value is -2.39. The molecule has 142 valence electrons. The molecule has 3 aliphatic rings. The summed E-state index contributed by atoms with van der Waals surface area (Å²) in [4.78, 5) is 13.4. The Bertz CT molecular complexity index is 1010. The SMILES string of the molecule is O=C1c2cc(-c3cc(F)cc(Cl)c3)ccc2OC12CCC1=CCCC=C1CC2. The molecule has 2 aliphatic carbocycles. The van der Waals surface area contributed by atoms with Crippen LogP contribution in [0.1, 0.15) is 48.9 Å². The van der Waals surface area contributed by atoms with Gasteiger partial charge in [-0.25, -0.2) is 4.39 Å². The van der Waals surface area contributed by atoms with Gasteiger partial charge in [-0.05, 0) is 91.1 Å². The van der Waals surface area contributed by atoms with Gasteiger partial charge in [0.15, 0.2) is 5.60 Å². The number of hydrogen-bond acceptors (Lipinski definition) is 2. The number of allylic oxidation sites excluding steroid dienone is 4. The van der Waals surface area contributed by atoms with Gasteiger partial charge in [0, 0.05) is 5.02 Å². The minimum Gasteiger partial charge on any atom is -0.478 e. The van der Waals surface area contributed by atoms with Crippen LogP contribution in [0.3, 0.4) is 0 Å². The van der Waals surface area contributed by atoms with E-state index in [0.29, 0.717) is 34.7 Å². The minimum atomic E-state index is -0.778. The van der Waals surface area contributed by atoms with E-state index in [0.717, 1.165) is 31.2 Å². The quantitative estimate of drug-likeness (QED) is 0.539. The van der Waals surface area contributed by atoms with Gasteiger partial charge in [0.25, 0.3) is 0 Å². The van der Waals surface area contributed by atoms with Gasteiger partial charge in [-0.1, -0.05) is 29.8 Å².